The molecule has 0 aliphatic heterocycles. The van der Waals surface area contributed by atoms with E-state index in [1.165, 1.54) is 6.92 Å². The Morgan fingerprint density at radius 2 is 1.23 bits per heavy atom. The smallest absolute Gasteiger partial charge is 0.201 e. The van der Waals surface area contributed by atoms with Crippen LogP contribution in [0.5, 0.6) is 23.0 Å². The van der Waals surface area contributed by atoms with E-state index in [0.29, 0.717) is 32.7 Å². The molecule has 9 nitrogen and oxygen atoms in total. The summed E-state index contributed by atoms with van der Waals surface area (Å²) in [6.07, 6.45) is 0.133. The summed E-state index contributed by atoms with van der Waals surface area (Å²) >= 11 is 0. The quantitative estimate of drug-likeness (QED) is 0.122. The van der Waals surface area contributed by atoms with Gasteiger partial charge in [0.25, 0.3) is 0 Å². The first-order valence-electron chi connectivity index (χ1n) is 12.9. The summed E-state index contributed by atoms with van der Waals surface area (Å²) in [7, 11) is 0. The molecule has 9 heteroatoms. The van der Waals surface area contributed by atoms with Crippen molar-refractivity contribution >= 4 is 65.3 Å². The predicted molar refractivity (Wildman–Crippen MR) is 154 cm³/mol. The van der Waals surface area contributed by atoms with Crippen LogP contribution in [0.25, 0.3) is 65.3 Å². The van der Waals surface area contributed by atoms with Crippen molar-refractivity contribution in [2.75, 3.05) is 0 Å². The predicted octanol–water partition coefficient (Wildman–Crippen LogP) is 4.50. The van der Waals surface area contributed by atoms with Crippen LogP contribution in [0.4, 0.5) is 0 Å². The Labute approximate surface area is 224 Å². The van der Waals surface area contributed by atoms with Crippen LogP contribution in [0, 0.1) is 4.91 Å². The van der Waals surface area contributed by atoms with Gasteiger partial charge in [0.2, 0.25) is 5.43 Å². The second kappa shape index (κ2) is 7.38. The Balaban J connectivity index is 2.16. The lowest BCUT2D eigenvalue weighted by Gasteiger charge is -2.30. The normalized spacial score (nSPS) is 16.5. The maximum absolute atomic E-state index is 14.2. The molecule has 6 aromatic rings. The van der Waals surface area contributed by atoms with Crippen LogP contribution in [0.2, 0.25) is 0 Å². The second-order valence-electron chi connectivity index (χ2n) is 11.2. The van der Waals surface area contributed by atoms with Crippen LogP contribution >= 0.6 is 0 Å². The largest absolute Gasteiger partial charge is 0.512 e. The standard InChI is InChI=1S/C31H23NO8/c1-8(2)16-17-9(3)5-11(33)21-25(17)29-27-20(13(35)7-15(37)23(27)31(21)39)19-12(34)6-14(36)22-26(19)28(29)24(16)18(30(22)38)10(4)32-40/h6-9,33-37H,5H2,1-4H3/b18-10-. The molecular weight excluding hydrogens is 514 g/mol. The molecule has 7 rings (SSSR count). The summed E-state index contributed by atoms with van der Waals surface area (Å²) in [4.78, 5) is 40.1. The summed E-state index contributed by atoms with van der Waals surface area (Å²) < 4.78 is 0. The van der Waals surface area contributed by atoms with E-state index in [9.17, 15) is 40.0 Å². The first kappa shape index (κ1) is 24.1. The molecule has 1 unspecified atom stereocenters. The highest BCUT2D eigenvalue weighted by Gasteiger charge is 2.35. The number of rotatable bonds is 2. The average molecular weight is 538 g/mol. The summed E-state index contributed by atoms with van der Waals surface area (Å²) in [6.45, 7) is 7.14. The van der Waals surface area contributed by atoms with Crippen LogP contribution in [0.1, 0.15) is 57.1 Å². The van der Waals surface area contributed by atoms with Gasteiger partial charge in [-0.1, -0.05) is 20.8 Å². The van der Waals surface area contributed by atoms with Gasteiger partial charge in [-0.25, -0.2) is 0 Å². The number of nitroso groups, excluding NO2 is 1. The van der Waals surface area contributed by atoms with Crippen molar-refractivity contribution in [3.8, 4) is 23.0 Å². The number of nitrogens with zero attached hydrogens (tertiary/aromatic N) is 1. The third-order valence-corrected chi connectivity index (χ3v) is 8.67. The molecule has 0 bridgehead atoms. The fraction of sp³-hybridized carbons (Fsp3) is 0.226. The van der Waals surface area contributed by atoms with E-state index >= 15 is 0 Å². The van der Waals surface area contributed by atoms with Crippen molar-refractivity contribution in [3.05, 3.63) is 59.1 Å². The lowest BCUT2D eigenvalue weighted by atomic mass is 9.73. The van der Waals surface area contributed by atoms with E-state index in [-0.39, 0.29) is 72.5 Å². The minimum atomic E-state index is -0.664. The van der Waals surface area contributed by atoms with Gasteiger partial charge in [-0.05, 0) is 40.4 Å². The van der Waals surface area contributed by atoms with Crippen LogP contribution < -0.4 is 21.3 Å². The molecule has 0 fully saturated rings. The summed E-state index contributed by atoms with van der Waals surface area (Å²) in [5.41, 5.74) is -0.000354. The highest BCUT2D eigenvalue weighted by Crippen LogP contribution is 2.54. The van der Waals surface area contributed by atoms with E-state index in [1.54, 1.807) is 0 Å². The number of hydrogen-bond donors (Lipinski definition) is 5. The van der Waals surface area contributed by atoms with Crippen molar-refractivity contribution in [1.82, 2.24) is 0 Å². The minimum Gasteiger partial charge on any atom is -0.512 e. The highest BCUT2D eigenvalue weighted by atomic mass is 16.3. The molecule has 5 N–H and O–H groups in total. The topological polar surface area (TPSA) is 165 Å². The van der Waals surface area contributed by atoms with Gasteiger partial charge in [0.15, 0.2) is 5.43 Å². The molecule has 200 valence electrons. The molecule has 0 saturated heterocycles. The molecule has 0 heterocycles. The number of phenolic OH excluding ortho intramolecular Hbond substituents is 4. The third kappa shape index (κ3) is 2.48. The zero-order chi connectivity index (χ0) is 28.7. The van der Waals surface area contributed by atoms with Crippen molar-refractivity contribution in [2.24, 2.45) is 5.18 Å². The Morgan fingerprint density at radius 3 is 1.75 bits per heavy atom. The fourth-order valence-corrected chi connectivity index (χ4v) is 7.33. The zero-order valence-corrected chi connectivity index (χ0v) is 21.9. The number of aliphatic hydroxyl groups excluding tert-OH is 1. The molecule has 1 aliphatic rings. The van der Waals surface area contributed by atoms with Gasteiger partial charge < -0.3 is 25.5 Å². The van der Waals surface area contributed by atoms with Crippen LogP contribution in [-0.4, -0.2) is 25.5 Å². The molecule has 0 saturated carbocycles. The molecule has 1 aliphatic carbocycles. The van der Waals surface area contributed by atoms with Gasteiger partial charge in [0.1, 0.15) is 28.8 Å². The first-order chi connectivity index (χ1) is 18.9. The van der Waals surface area contributed by atoms with Crippen molar-refractivity contribution in [2.45, 2.75) is 46.0 Å². The number of aromatic hydroxyl groups is 4. The van der Waals surface area contributed by atoms with E-state index in [2.05, 4.69) is 5.18 Å². The monoisotopic (exact) mass is 537 g/mol. The van der Waals surface area contributed by atoms with Gasteiger partial charge in [-0.3, -0.25) is 9.59 Å². The summed E-state index contributed by atoms with van der Waals surface area (Å²) in [5, 5.41) is 60.1. The lowest BCUT2D eigenvalue weighted by Crippen LogP contribution is -2.34. The number of aliphatic hydroxyl groups is 1. The van der Waals surface area contributed by atoms with Crippen molar-refractivity contribution in [1.29, 1.82) is 0 Å². The van der Waals surface area contributed by atoms with E-state index in [4.69, 9.17) is 0 Å². The second-order valence-corrected chi connectivity index (χ2v) is 11.2. The number of hydrogen-bond acceptors (Lipinski definition) is 9. The van der Waals surface area contributed by atoms with Gasteiger partial charge >= 0.3 is 0 Å². The Bertz CT molecular complexity index is 2410. The Morgan fingerprint density at radius 1 is 0.750 bits per heavy atom. The Hall–Kier alpha value is -4.92. The first-order valence-corrected chi connectivity index (χ1v) is 12.9. The van der Waals surface area contributed by atoms with E-state index in [1.807, 2.05) is 20.8 Å². The summed E-state index contributed by atoms with van der Waals surface area (Å²) in [5.74, 6) is -2.61. The number of benzene rings is 6. The molecular formula is C31H23NO8. The van der Waals surface area contributed by atoms with Gasteiger partial charge in [0.05, 0.1) is 26.9 Å². The van der Waals surface area contributed by atoms with E-state index < -0.39 is 33.9 Å². The van der Waals surface area contributed by atoms with Crippen LogP contribution in [0.3, 0.4) is 0 Å². The zero-order valence-electron chi connectivity index (χ0n) is 21.9. The van der Waals surface area contributed by atoms with E-state index in [0.717, 1.165) is 12.1 Å². The van der Waals surface area contributed by atoms with Crippen molar-refractivity contribution in [3.63, 3.8) is 0 Å². The maximum Gasteiger partial charge on any atom is 0.201 e. The van der Waals surface area contributed by atoms with Crippen molar-refractivity contribution < 1.29 is 25.5 Å². The molecule has 40 heavy (non-hydrogen) atoms. The lowest BCUT2D eigenvalue weighted by molar-refractivity contribution is 0.454. The fourth-order valence-electron chi connectivity index (χ4n) is 7.33. The highest BCUT2D eigenvalue weighted by molar-refractivity contribution is 6.43. The molecule has 0 spiro atoms. The molecule has 0 radical (unpaired) electrons. The minimum absolute atomic E-state index is 0.00834. The van der Waals surface area contributed by atoms with Gasteiger partial charge in [-0.15, -0.1) is 4.91 Å². The van der Waals surface area contributed by atoms with Crippen LogP contribution in [0.15, 0.2) is 26.9 Å². The van der Waals surface area contributed by atoms with Gasteiger partial charge in [-0.2, -0.15) is 0 Å². The SMILES string of the molecule is C/C(N=O)=c1/c(=O)c2c(O)cc(O)c3c4c(O)cc(O)c5c(=O)c6c7c(c(C(C)C)c1c(c23)c7c54)C(C)CC=6O. The molecule has 0 amide bonds. The number of phenols is 4. The Kier molecular flexibility index (Phi) is 4.46. The van der Waals surface area contributed by atoms with Gasteiger partial charge in [0, 0.05) is 56.3 Å². The summed E-state index contributed by atoms with van der Waals surface area (Å²) in [6, 6.07) is 1.97. The van der Waals surface area contributed by atoms with Crippen LogP contribution in [-0.2, 0) is 0 Å². The maximum atomic E-state index is 14.2. The molecule has 1 atom stereocenters. The third-order valence-electron chi connectivity index (χ3n) is 8.67. The molecule has 6 aromatic carbocycles. The number of fused-ring (bicyclic) bond motifs is 1. The average Bonchev–Trinajstić information content (AvgIpc) is 2.87. The molecule has 0 aromatic heterocycles.